The van der Waals surface area contributed by atoms with Crippen LogP contribution < -0.4 is 14.2 Å². The van der Waals surface area contributed by atoms with Crippen molar-refractivity contribution in [3.05, 3.63) is 125 Å². The van der Waals surface area contributed by atoms with E-state index in [2.05, 4.69) is 6.92 Å². The van der Waals surface area contributed by atoms with Crippen LogP contribution in [0.3, 0.4) is 0 Å². The van der Waals surface area contributed by atoms with E-state index in [1.807, 2.05) is 0 Å². The Morgan fingerprint density at radius 2 is 1.00 bits per heavy atom. The van der Waals surface area contributed by atoms with Gasteiger partial charge in [0.1, 0.15) is 0 Å². The number of esters is 4. The quantitative estimate of drug-likeness (QED) is 0.0603. The SMILES string of the molecule is CCCCCCCOC(=O)c1cc(OC(=O)c2ccccc2)c(OC(=O)c2ccccc2)c(OC(=O)c2ccccc2)c1C(C)=O. The summed E-state index contributed by atoms with van der Waals surface area (Å²) in [5.74, 6) is -5.81. The molecule has 0 fully saturated rings. The fourth-order valence-electron chi connectivity index (χ4n) is 4.53. The van der Waals surface area contributed by atoms with E-state index in [1.165, 1.54) is 36.4 Å². The number of hydrogen-bond acceptors (Lipinski definition) is 9. The van der Waals surface area contributed by atoms with E-state index >= 15 is 0 Å². The third kappa shape index (κ3) is 8.75. The molecule has 0 radical (unpaired) electrons. The standard InChI is InChI=1S/C37H34O9/c1-3-4-5-6-16-23-43-37(42)29-24-30(44-34(39)26-17-10-7-11-18-26)32(45-35(40)27-19-12-8-13-20-27)33(31(29)25(2)38)46-36(41)28-21-14-9-15-22-28/h7-15,17-22,24H,3-6,16,23H2,1-2H3. The molecule has 9 heteroatoms. The molecule has 4 aromatic rings. The van der Waals surface area contributed by atoms with Crippen molar-refractivity contribution in [1.29, 1.82) is 0 Å². The molecule has 0 aliphatic heterocycles. The second-order valence-electron chi connectivity index (χ2n) is 10.3. The molecule has 9 nitrogen and oxygen atoms in total. The van der Waals surface area contributed by atoms with Crippen LogP contribution in [0.25, 0.3) is 0 Å². The van der Waals surface area contributed by atoms with E-state index in [9.17, 15) is 24.0 Å². The van der Waals surface area contributed by atoms with Gasteiger partial charge in [-0.25, -0.2) is 19.2 Å². The van der Waals surface area contributed by atoms with Crippen LogP contribution >= 0.6 is 0 Å². The zero-order valence-corrected chi connectivity index (χ0v) is 25.7. The highest BCUT2D eigenvalue weighted by Crippen LogP contribution is 2.44. The number of carbonyl (C=O) groups excluding carboxylic acids is 5. The maximum absolute atomic E-state index is 13.5. The van der Waals surface area contributed by atoms with Crippen molar-refractivity contribution < 1.29 is 42.9 Å². The van der Waals surface area contributed by atoms with Crippen LogP contribution in [0.2, 0.25) is 0 Å². The van der Waals surface area contributed by atoms with Crippen LogP contribution in [0.1, 0.15) is 97.7 Å². The van der Waals surface area contributed by atoms with Gasteiger partial charge in [0.2, 0.25) is 5.75 Å². The molecule has 0 unspecified atom stereocenters. The van der Waals surface area contributed by atoms with Gasteiger partial charge in [0.05, 0.1) is 34.4 Å². The van der Waals surface area contributed by atoms with Crippen molar-refractivity contribution in [3.8, 4) is 17.2 Å². The average molecular weight is 623 g/mol. The highest BCUT2D eigenvalue weighted by molar-refractivity contribution is 6.10. The monoisotopic (exact) mass is 622 g/mol. The number of benzene rings is 4. The van der Waals surface area contributed by atoms with Crippen molar-refractivity contribution in [1.82, 2.24) is 0 Å². The molecule has 0 spiro atoms. The minimum atomic E-state index is -0.915. The lowest BCUT2D eigenvalue weighted by Crippen LogP contribution is -2.20. The van der Waals surface area contributed by atoms with Crippen LogP contribution in [-0.4, -0.2) is 36.3 Å². The Balaban J connectivity index is 1.86. The second-order valence-corrected chi connectivity index (χ2v) is 10.3. The Morgan fingerprint density at radius 3 is 1.48 bits per heavy atom. The number of Topliss-reactive ketones (excluding diaryl/α,β-unsaturated/α-hetero) is 1. The van der Waals surface area contributed by atoms with Crippen LogP contribution in [-0.2, 0) is 4.74 Å². The van der Waals surface area contributed by atoms with E-state index < -0.39 is 46.9 Å². The average Bonchev–Trinajstić information content (AvgIpc) is 3.08. The maximum atomic E-state index is 13.5. The van der Waals surface area contributed by atoms with Crippen molar-refractivity contribution in [2.24, 2.45) is 0 Å². The smallest absolute Gasteiger partial charge is 0.343 e. The Morgan fingerprint density at radius 1 is 0.543 bits per heavy atom. The van der Waals surface area contributed by atoms with Gasteiger partial charge in [0.15, 0.2) is 17.3 Å². The van der Waals surface area contributed by atoms with E-state index in [0.29, 0.717) is 6.42 Å². The summed E-state index contributed by atoms with van der Waals surface area (Å²) in [4.78, 5) is 66.5. The molecule has 236 valence electrons. The number of hydrogen-bond donors (Lipinski definition) is 0. The molecule has 0 aliphatic rings. The third-order valence-corrected chi connectivity index (χ3v) is 6.88. The maximum Gasteiger partial charge on any atom is 0.343 e. The van der Waals surface area contributed by atoms with Gasteiger partial charge >= 0.3 is 23.9 Å². The summed E-state index contributed by atoms with van der Waals surface area (Å²) in [6.07, 6.45) is 4.53. The topological polar surface area (TPSA) is 122 Å². The Bertz CT molecular complexity index is 1680. The van der Waals surface area contributed by atoms with E-state index in [4.69, 9.17) is 18.9 Å². The number of rotatable bonds is 14. The normalized spacial score (nSPS) is 10.5. The zero-order valence-electron chi connectivity index (χ0n) is 25.7. The van der Waals surface area contributed by atoms with Gasteiger partial charge < -0.3 is 18.9 Å². The molecule has 0 saturated carbocycles. The van der Waals surface area contributed by atoms with Crippen LogP contribution in [0.15, 0.2) is 97.1 Å². The first-order chi connectivity index (χ1) is 22.3. The van der Waals surface area contributed by atoms with E-state index in [1.54, 1.807) is 54.6 Å². The van der Waals surface area contributed by atoms with Crippen molar-refractivity contribution in [3.63, 3.8) is 0 Å². The summed E-state index contributed by atoms with van der Waals surface area (Å²) in [7, 11) is 0. The lowest BCUT2D eigenvalue weighted by atomic mass is 10.0. The van der Waals surface area contributed by atoms with Crippen molar-refractivity contribution in [2.75, 3.05) is 6.61 Å². The third-order valence-electron chi connectivity index (χ3n) is 6.88. The molecule has 0 N–H and O–H groups in total. The zero-order chi connectivity index (χ0) is 32.9. The Hall–Kier alpha value is -5.57. The van der Waals surface area contributed by atoms with Gasteiger partial charge in [0.25, 0.3) is 0 Å². The van der Waals surface area contributed by atoms with Crippen LogP contribution in [0.4, 0.5) is 0 Å². The summed E-state index contributed by atoms with van der Waals surface area (Å²) in [5, 5.41) is 0. The minimum Gasteiger partial charge on any atom is -0.462 e. The summed E-state index contributed by atoms with van der Waals surface area (Å²) < 4.78 is 22.6. The Kier molecular flexibility index (Phi) is 11.9. The van der Waals surface area contributed by atoms with Crippen molar-refractivity contribution >= 4 is 29.7 Å². The van der Waals surface area contributed by atoms with E-state index in [0.717, 1.165) is 38.7 Å². The first-order valence-corrected chi connectivity index (χ1v) is 15.0. The van der Waals surface area contributed by atoms with Crippen LogP contribution in [0, 0.1) is 0 Å². The van der Waals surface area contributed by atoms with Gasteiger partial charge in [-0.2, -0.15) is 0 Å². The lowest BCUT2D eigenvalue weighted by molar-refractivity contribution is 0.0490. The van der Waals surface area contributed by atoms with Gasteiger partial charge in [0, 0.05) is 6.07 Å². The molecule has 0 amide bonds. The Labute approximate surface area is 267 Å². The highest BCUT2D eigenvalue weighted by Gasteiger charge is 2.33. The molecule has 0 atom stereocenters. The number of ether oxygens (including phenoxy) is 4. The molecular weight excluding hydrogens is 588 g/mol. The van der Waals surface area contributed by atoms with E-state index in [-0.39, 0.29) is 34.4 Å². The summed E-state index contributed by atoms with van der Waals surface area (Å²) in [5.41, 5.74) is -0.320. The van der Waals surface area contributed by atoms with Crippen molar-refractivity contribution in [2.45, 2.75) is 46.0 Å². The van der Waals surface area contributed by atoms with Gasteiger partial charge in [-0.05, 0) is 49.7 Å². The minimum absolute atomic E-state index is 0.0723. The summed E-state index contributed by atoms with van der Waals surface area (Å²) in [6, 6.07) is 24.9. The van der Waals surface area contributed by atoms with Gasteiger partial charge in [-0.1, -0.05) is 87.2 Å². The molecule has 0 heterocycles. The first kappa shape index (κ1) is 33.3. The molecular formula is C37H34O9. The number of carbonyl (C=O) groups is 5. The van der Waals surface area contributed by atoms with Gasteiger partial charge in [-0.15, -0.1) is 0 Å². The fourth-order valence-corrected chi connectivity index (χ4v) is 4.53. The number of unbranched alkanes of at least 4 members (excludes halogenated alkanes) is 4. The number of ketones is 1. The molecule has 4 rings (SSSR count). The van der Waals surface area contributed by atoms with Gasteiger partial charge in [-0.3, -0.25) is 4.79 Å². The molecule has 0 aliphatic carbocycles. The predicted octanol–water partition coefficient (Wildman–Crippen LogP) is 7.67. The molecule has 0 bridgehead atoms. The first-order valence-electron chi connectivity index (χ1n) is 15.0. The largest absolute Gasteiger partial charge is 0.462 e. The summed E-state index contributed by atoms with van der Waals surface area (Å²) >= 11 is 0. The lowest BCUT2D eigenvalue weighted by Gasteiger charge is -2.19. The molecule has 0 saturated heterocycles. The highest BCUT2D eigenvalue weighted by atomic mass is 16.6. The molecule has 0 aromatic heterocycles. The predicted molar refractivity (Wildman–Crippen MR) is 170 cm³/mol. The summed E-state index contributed by atoms with van der Waals surface area (Å²) in [6.45, 7) is 3.33. The second kappa shape index (κ2) is 16.5. The molecule has 4 aromatic carbocycles. The fraction of sp³-hybridized carbons (Fsp3) is 0.216. The van der Waals surface area contributed by atoms with Crippen LogP contribution in [0.5, 0.6) is 17.2 Å². The molecule has 46 heavy (non-hydrogen) atoms.